The van der Waals surface area contributed by atoms with Gasteiger partial charge in [0, 0.05) is 23.8 Å². The monoisotopic (exact) mass is 304 g/mol. The van der Waals surface area contributed by atoms with Crippen molar-refractivity contribution in [2.45, 2.75) is 18.9 Å². The quantitative estimate of drug-likeness (QED) is 0.887. The number of carbonyl (C=O) groups excluding carboxylic acids is 1. The number of nitrogens with zero attached hydrogens (tertiary/aromatic N) is 2. The predicted molar refractivity (Wildman–Crippen MR) is 81.6 cm³/mol. The first kappa shape index (κ1) is 14.1. The van der Waals surface area contributed by atoms with Crippen LogP contribution in [0.4, 0.5) is 0 Å². The number of nitrogens with two attached hydrogens (primary N) is 1. The molecule has 0 radical (unpaired) electrons. The zero-order valence-corrected chi connectivity index (χ0v) is 12.3. The van der Waals surface area contributed by atoms with Crippen LogP contribution in [0.2, 0.25) is 5.02 Å². The molecule has 1 saturated carbocycles. The highest BCUT2D eigenvalue weighted by molar-refractivity contribution is 6.30. The van der Waals surface area contributed by atoms with Gasteiger partial charge in [0.2, 0.25) is 0 Å². The molecule has 0 saturated heterocycles. The maximum absolute atomic E-state index is 12.2. The molecule has 3 N–H and O–H groups in total. The number of carbonyl (C=O) groups is 1. The number of hydrogen-bond donors (Lipinski definition) is 2. The molecule has 2 aromatic rings. The summed E-state index contributed by atoms with van der Waals surface area (Å²) in [5, 5.41) is 7.82. The molecule has 1 fully saturated rings. The van der Waals surface area contributed by atoms with Gasteiger partial charge in [-0.15, -0.1) is 0 Å². The van der Waals surface area contributed by atoms with E-state index in [-0.39, 0.29) is 11.9 Å². The molecule has 1 amide bonds. The van der Waals surface area contributed by atoms with Crippen LogP contribution >= 0.6 is 11.6 Å². The largest absolute Gasteiger partial charge is 0.348 e. The molecule has 1 aliphatic rings. The summed E-state index contributed by atoms with van der Waals surface area (Å²) in [6.07, 6.45) is 5.53. The SMILES string of the molecule is NCC(NC(=O)c1cnn(-c2cccc(Cl)c2)c1)C1CC1. The number of aromatic nitrogens is 2. The summed E-state index contributed by atoms with van der Waals surface area (Å²) in [6, 6.07) is 7.38. The van der Waals surface area contributed by atoms with E-state index in [1.54, 1.807) is 29.2 Å². The van der Waals surface area contributed by atoms with E-state index in [4.69, 9.17) is 17.3 Å². The van der Waals surface area contributed by atoms with E-state index in [2.05, 4.69) is 10.4 Å². The van der Waals surface area contributed by atoms with Crippen molar-refractivity contribution < 1.29 is 4.79 Å². The van der Waals surface area contributed by atoms with Crippen LogP contribution in [-0.4, -0.2) is 28.3 Å². The number of amides is 1. The van der Waals surface area contributed by atoms with Crippen LogP contribution < -0.4 is 11.1 Å². The standard InChI is InChI=1S/C15H17ClN4O/c16-12-2-1-3-13(6-12)20-9-11(8-18-20)15(21)19-14(7-17)10-4-5-10/h1-3,6,8-10,14H,4-5,7,17H2,(H,19,21). The summed E-state index contributed by atoms with van der Waals surface area (Å²) in [5.41, 5.74) is 7.04. The highest BCUT2D eigenvalue weighted by Crippen LogP contribution is 2.32. The van der Waals surface area contributed by atoms with Crippen LogP contribution in [0, 0.1) is 5.92 Å². The van der Waals surface area contributed by atoms with Crippen LogP contribution in [0.3, 0.4) is 0 Å². The van der Waals surface area contributed by atoms with Crippen molar-refractivity contribution >= 4 is 17.5 Å². The van der Waals surface area contributed by atoms with Crippen LogP contribution in [0.25, 0.3) is 5.69 Å². The first-order valence-electron chi connectivity index (χ1n) is 6.99. The number of benzene rings is 1. The Labute approximate surface area is 128 Å². The third kappa shape index (κ3) is 3.25. The van der Waals surface area contributed by atoms with E-state index in [0.717, 1.165) is 18.5 Å². The zero-order chi connectivity index (χ0) is 14.8. The minimum Gasteiger partial charge on any atom is -0.348 e. The van der Waals surface area contributed by atoms with Gasteiger partial charge in [-0.3, -0.25) is 4.79 Å². The number of hydrogen-bond acceptors (Lipinski definition) is 3. The second-order valence-electron chi connectivity index (χ2n) is 5.31. The van der Waals surface area contributed by atoms with Gasteiger partial charge < -0.3 is 11.1 Å². The molecule has 1 heterocycles. The van der Waals surface area contributed by atoms with Crippen molar-refractivity contribution in [1.82, 2.24) is 15.1 Å². The van der Waals surface area contributed by atoms with Gasteiger partial charge in [0.15, 0.2) is 0 Å². The average Bonchev–Trinajstić information content (AvgIpc) is 3.20. The lowest BCUT2D eigenvalue weighted by Gasteiger charge is -2.14. The molecule has 0 bridgehead atoms. The van der Waals surface area contributed by atoms with Gasteiger partial charge in [-0.2, -0.15) is 5.10 Å². The summed E-state index contributed by atoms with van der Waals surface area (Å²) in [4.78, 5) is 12.2. The molecule has 21 heavy (non-hydrogen) atoms. The zero-order valence-electron chi connectivity index (χ0n) is 11.5. The van der Waals surface area contributed by atoms with E-state index in [1.807, 2.05) is 12.1 Å². The Balaban J connectivity index is 1.73. The summed E-state index contributed by atoms with van der Waals surface area (Å²) in [7, 11) is 0. The van der Waals surface area contributed by atoms with Gasteiger partial charge in [-0.1, -0.05) is 17.7 Å². The topological polar surface area (TPSA) is 72.9 Å². The fraction of sp³-hybridized carbons (Fsp3) is 0.333. The van der Waals surface area contributed by atoms with Gasteiger partial charge in [0.1, 0.15) is 0 Å². The minimum absolute atomic E-state index is 0.0621. The second-order valence-corrected chi connectivity index (χ2v) is 5.74. The van der Waals surface area contributed by atoms with Gasteiger partial charge >= 0.3 is 0 Å². The lowest BCUT2D eigenvalue weighted by atomic mass is 10.2. The first-order valence-corrected chi connectivity index (χ1v) is 7.36. The minimum atomic E-state index is -0.134. The van der Waals surface area contributed by atoms with Crippen LogP contribution in [0.1, 0.15) is 23.2 Å². The Morgan fingerprint density at radius 2 is 2.33 bits per heavy atom. The van der Waals surface area contributed by atoms with E-state index in [0.29, 0.717) is 23.0 Å². The molecule has 1 aromatic heterocycles. The van der Waals surface area contributed by atoms with E-state index in [9.17, 15) is 4.79 Å². The third-order valence-corrected chi connectivity index (χ3v) is 3.91. The molecule has 1 aromatic carbocycles. The molecule has 3 rings (SSSR count). The molecule has 0 spiro atoms. The summed E-state index contributed by atoms with van der Waals surface area (Å²) in [6.45, 7) is 0.471. The van der Waals surface area contributed by atoms with Gasteiger partial charge in [0.25, 0.3) is 5.91 Å². The lowest BCUT2D eigenvalue weighted by molar-refractivity contribution is 0.0933. The van der Waals surface area contributed by atoms with Crippen molar-refractivity contribution in [3.05, 3.63) is 47.2 Å². The van der Waals surface area contributed by atoms with Crippen molar-refractivity contribution in [3.63, 3.8) is 0 Å². The highest BCUT2D eigenvalue weighted by atomic mass is 35.5. The van der Waals surface area contributed by atoms with Crippen molar-refractivity contribution in [3.8, 4) is 5.69 Å². The highest BCUT2D eigenvalue weighted by Gasteiger charge is 2.31. The molecule has 1 aliphatic carbocycles. The molecule has 6 heteroatoms. The van der Waals surface area contributed by atoms with Crippen LogP contribution in [-0.2, 0) is 0 Å². The number of nitrogens with one attached hydrogen (secondary N) is 1. The normalized spacial score (nSPS) is 15.7. The Morgan fingerprint density at radius 1 is 1.52 bits per heavy atom. The Morgan fingerprint density at radius 3 is 3.00 bits per heavy atom. The third-order valence-electron chi connectivity index (χ3n) is 3.68. The van der Waals surface area contributed by atoms with Crippen molar-refractivity contribution in [2.24, 2.45) is 11.7 Å². The smallest absolute Gasteiger partial charge is 0.254 e. The number of rotatable bonds is 5. The molecule has 5 nitrogen and oxygen atoms in total. The van der Waals surface area contributed by atoms with E-state index < -0.39 is 0 Å². The fourth-order valence-electron chi connectivity index (χ4n) is 2.32. The molecular weight excluding hydrogens is 288 g/mol. The Hall–Kier alpha value is -1.85. The van der Waals surface area contributed by atoms with Gasteiger partial charge in [-0.25, -0.2) is 4.68 Å². The molecule has 1 unspecified atom stereocenters. The van der Waals surface area contributed by atoms with E-state index in [1.165, 1.54) is 0 Å². The first-order chi connectivity index (χ1) is 10.2. The van der Waals surface area contributed by atoms with Crippen LogP contribution in [0.15, 0.2) is 36.7 Å². The molecule has 110 valence electrons. The summed E-state index contributed by atoms with van der Waals surface area (Å²) < 4.78 is 1.63. The molecule has 1 atom stereocenters. The Bertz CT molecular complexity index is 651. The van der Waals surface area contributed by atoms with Crippen molar-refractivity contribution in [2.75, 3.05) is 6.54 Å². The summed E-state index contributed by atoms with van der Waals surface area (Å²) in [5.74, 6) is 0.396. The maximum atomic E-state index is 12.2. The fourth-order valence-corrected chi connectivity index (χ4v) is 2.50. The van der Waals surface area contributed by atoms with E-state index >= 15 is 0 Å². The second kappa shape index (κ2) is 5.87. The lowest BCUT2D eigenvalue weighted by Crippen LogP contribution is -2.41. The van der Waals surface area contributed by atoms with Gasteiger partial charge in [0.05, 0.1) is 17.4 Å². The molecular formula is C15H17ClN4O. The maximum Gasteiger partial charge on any atom is 0.254 e. The average molecular weight is 305 g/mol. The van der Waals surface area contributed by atoms with Gasteiger partial charge in [-0.05, 0) is 37.0 Å². The summed E-state index contributed by atoms with van der Waals surface area (Å²) >= 11 is 5.96. The number of halogens is 1. The predicted octanol–water partition coefficient (Wildman–Crippen LogP) is 1.99. The van der Waals surface area contributed by atoms with Crippen molar-refractivity contribution in [1.29, 1.82) is 0 Å². The Kier molecular flexibility index (Phi) is 3.94. The molecule has 0 aliphatic heterocycles. The van der Waals surface area contributed by atoms with Crippen LogP contribution in [0.5, 0.6) is 0 Å².